The van der Waals surface area contributed by atoms with E-state index in [9.17, 15) is 14.4 Å². The molecule has 0 unspecified atom stereocenters. The third kappa shape index (κ3) is 8.57. The number of carbonyl (C=O) groups excluding carboxylic acids is 3. The summed E-state index contributed by atoms with van der Waals surface area (Å²) in [6.07, 6.45) is -0.859. The van der Waals surface area contributed by atoms with Crippen molar-refractivity contribution >= 4 is 17.8 Å². The first kappa shape index (κ1) is 22.5. The van der Waals surface area contributed by atoms with E-state index in [1.54, 1.807) is 19.1 Å². The molecule has 0 bridgehead atoms. The Hall–Kier alpha value is -2.57. The van der Waals surface area contributed by atoms with E-state index in [0.717, 1.165) is 5.56 Å². The number of nitrogens with one attached hydrogen (secondary N) is 2. The molecule has 7 nitrogen and oxygen atoms in total. The summed E-state index contributed by atoms with van der Waals surface area (Å²) in [4.78, 5) is 35.0. The van der Waals surface area contributed by atoms with Gasteiger partial charge >= 0.3 is 5.97 Å². The van der Waals surface area contributed by atoms with Crippen molar-refractivity contribution in [3.63, 3.8) is 0 Å². The Labute approximate surface area is 160 Å². The van der Waals surface area contributed by atoms with Crippen LogP contribution in [0.15, 0.2) is 24.3 Å². The van der Waals surface area contributed by atoms with Crippen molar-refractivity contribution < 1.29 is 23.9 Å². The lowest BCUT2D eigenvalue weighted by Gasteiger charge is -2.20. The first-order valence-corrected chi connectivity index (χ1v) is 8.99. The molecule has 0 aromatic heterocycles. The Morgan fingerprint density at radius 1 is 1.00 bits per heavy atom. The van der Waals surface area contributed by atoms with Crippen LogP contribution in [0.3, 0.4) is 0 Å². The highest BCUT2D eigenvalue weighted by molar-refractivity contribution is 5.86. The van der Waals surface area contributed by atoms with E-state index in [2.05, 4.69) is 31.4 Å². The lowest BCUT2D eigenvalue weighted by Crippen LogP contribution is -2.41. The van der Waals surface area contributed by atoms with Crippen molar-refractivity contribution in [3.05, 3.63) is 29.8 Å². The van der Waals surface area contributed by atoms with E-state index in [1.807, 2.05) is 26.0 Å². The topological polar surface area (TPSA) is 93.7 Å². The van der Waals surface area contributed by atoms with Gasteiger partial charge in [0, 0.05) is 6.04 Å². The van der Waals surface area contributed by atoms with Crippen LogP contribution in [-0.4, -0.2) is 43.1 Å². The molecule has 27 heavy (non-hydrogen) atoms. The van der Waals surface area contributed by atoms with Crippen molar-refractivity contribution in [1.82, 2.24) is 10.6 Å². The number of rotatable bonds is 8. The highest BCUT2D eigenvalue weighted by atomic mass is 16.6. The van der Waals surface area contributed by atoms with Crippen molar-refractivity contribution in [2.45, 2.75) is 59.1 Å². The summed E-state index contributed by atoms with van der Waals surface area (Å²) in [6.45, 7) is 10.9. The molecule has 2 amide bonds. The van der Waals surface area contributed by atoms with Gasteiger partial charge < -0.3 is 20.1 Å². The summed E-state index contributed by atoms with van der Waals surface area (Å²) < 4.78 is 10.5. The molecular weight excluding hydrogens is 348 g/mol. The Morgan fingerprint density at radius 3 is 2.11 bits per heavy atom. The number of hydrogen-bond donors (Lipinski definition) is 2. The summed E-state index contributed by atoms with van der Waals surface area (Å²) >= 11 is 0. The van der Waals surface area contributed by atoms with Crippen LogP contribution in [0.1, 0.15) is 47.1 Å². The molecule has 0 spiro atoms. The van der Waals surface area contributed by atoms with Crippen molar-refractivity contribution in [3.8, 4) is 5.75 Å². The Bertz CT molecular complexity index is 647. The third-order valence-electron chi connectivity index (χ3n) is 3.61. The summed E-state index contributed by atoms with van der Waals surface area (Å²) in [7, 11) is 0. The van der Waals surface area contributed by atoms with Gasteiger partial charge in [-0.3, -0.25) is 9.59 Å². The number of benzene rings is 1. The molecular formula is C20H30N2O5. The number of carbonyl (C=O) groups is 3. The van der Waals surface area contributed by atoms with Crippen molar-refractivity contribution in [2.75, 3.05) is 13.2 Å². The van der Waals surface area contributed by atoms with Crippen LogP contribution < -0.4 is 15.4 Å². The van der Waals surface area contributed by atoms with E-state index >= 15 is 0 Å². The fourth-order valence-electron chi connectivity index (χ4n) is 2.14. The van der Waals surface area contributed by atoms with Crippen LogP contribution in [0.25, 0.3) is 0 Å². The molecule has 1 aromatic rings. The van der Waals surface area contributed by atoms with E-state index < -0.39 is 24.6 Å². The van der Waals surface area contributed by atoms with Gasteiger partial charge in [-0.05, 0) is 43.9 Å². The molecule has 0 heterocycles. The maximum Gasteiger partial charge on any atom is 0.347 e. The number of amides is 2. The van der Waals surface area contributed by atoms with Gasteiger partial charge in [-0.1, -0.05) is 32.9 Å². The van der Waals surface area contributed by atoms with Gasteiger partial charge in [0.15, 0.2) is 12.7 Å². The molecule has 0 radical (unpaired) electrons. The average Bonchev–Trinajstić information content (AvgIpc) is 2.56. The smallest absolute Gasteiger partial charge is 0.347 e. The highest BCUT2D eigenvalue weighted by Crippen LogP contribution is 2.24. The second-order valence-electron chi connectivity index (χ2n) is 7.64. The monoisotopic (exact) mass is 378 g/mol. The van der Waals surface area contributed by atoms with Crippen LogP contribution in [0.4, 0.5) is 0 Å². The summed E-state index contributed by atoms with van der Waals surface area (Å²) in [5.41, 5.74) is 1.19. The molecule has 2 N–H and O–H groups in total. The molecule has 0 saturated heterocycles. The Balaban J connectivity index is 2.39. The van der Waals surface area contributed by atoms with Crippen LogP contribution in [0, 0.1) is 0 Å². The minimum absolute atomic E-state index is 0.0114. The first-order valence-electron chi connectivity index (χ1n) is 8.99. The molecule has 0 fully saturated rings. The molecule has 7 heteroatoms. The first-order chi connectivity index (χ1) is 12.5. The van der Waals surface area contributed by atoms with Gasteiger partial charge in [-0.15, -0.1) is 0 Å². The Kier molecular flexibility index (Phi) is 8.28. The summed E-state index contributed by atoms with van der Waals surface area (Å²) in [6, 6.07) is 7.48. The average molecular weight is 378 g/mol. The SMILES string of the molecule is CC(C)NC(=O)CNC(=O)COC(=O)[C@H](C)Oc1ccc(C(C)(C)C)cc1. The zero-order chi connectivity index (χ0) is 20.6. The van der Waals surface area contributed by atoms with Gasteiger partial charge in [0.2, 0.25) is 5.91 Å². The number of ether oxygens (including phenoxy) is 2. The normalized spacial score (nSPS) is 12.3. The van der Waals surface area contributed by atoms with Gasteiger partial charge in [-0.25, -0.2) is 4.79 Å². The zero-order valence-corrected chi connectivity index (χ0v) is 16.9. The Morgan fingerprint density at radius 2 is 1.59 bits per heavy atom. The van der Waals surface area contributed by atoms with Crippen LogP contribution in [-0.2, 0) is 24.5 Å². The third-order valence-corrected chi connectivity index (χ3v) is 3.61. The fraction of sp³-hybridized carbons (Fsp3) is 0.550. The van der Waals surface area contributed by atoms with E-state index in [1.165, 1.54) is 0 Å². The minimum Gasteiger partial charge on any atom is -0.479 e. The largest absolute Gasteiger partial charge is 0.479 e. The lowest BCUT2D eigenvalue weighted by atomic mass is 9.87. The molecule has 0 aliphatic heterocycles. The molecule has 1 aromatic carbocycles. The second-order valence-corrected chi connectivity index (χ2v) is 7.64. The van der Waals surface area contributed by atoms with Crippen LogP contribution in [0.5, 0.6) is 5.75 Å². The molecule has 1 rings (SSSR count). The second kappa shape index (κ2) is 9.94. The summed E-state index contributed by atoms with van der Waals surface area (Å²) in [5, 5.41) is 5.02. The number of esters is 1. The molecule has 0 saturated carbocycles. The zero-order valence-electron chi connectivity index (χ0n) is 16.9. The van der Waals surface area contributed by atoms with Gasteiger partial charge in [0.25, 0.3) is 5.91 Å². The van der Waals surface area contributed by atoms with Gasteiger partial charge in [-0.2, -0.15) is 0 Å². The molecule has 0 aliphatic carbocycles. The minimum atomic E-state index is -0.859. The highest BCUT2D eigenvalue weighted by Gasteiger charge is 2.19. The van der Waals surface area contributed by atoms with E-state index in [4.69, 9.17) is 9.47 Å². The molecule has 150 valence electrons. The maximum atomic E-state index is 12.0. The van der Waals surface area contributed by atoms with E-state index in [0.29, 0.717) is 5.75 Å². The lowest BCUT2D eigenvalue weighted by molar-refractivity contribution is -0.154. The van der Waals surface area contributed by atoms with Crippen LogP contribution in [0.2, 0.25) is 0 Å². The molecule has 0 aliphatic rings. The predicted molar refractivity (Wildman–Crippen MR) is 102 cm³/mol. The standard InChI is InChI=1S/C20H30N2O5/c1-13(2)22-17(23)11-21-18(24)12-26-19(25)14(3)27-16-9-7-15(8-10-16)20(4,5)6/h7-10,13-14H,11-12H2,1-6H3,(H,21,24)(H,22,23)/t14-/m0/s1. The number of hydrogen-bond acceptors (Lipinski definition) is 5. The summed E-state index contributed by atoms with van der Waals surface area (Å²) in [5.74, 6) is -0.969. The van der Waals surface area contributed by atoms with Crippen molar-refractivity contribution in [2.24, 2.45) is 0 Å². The quantitative estimate of drug-likeness (QED) is 0.674. The van der Waals surface area contributed by atoms with Gasteiger partial charge in [0.1, 0.15) is 5.75 Å². The van der Waals surface area contributed by atoms with Crippen molar-refractivity contribution in [1.29, 1.82) is 0 Å². The fourth-order valence-corrected chi connectivity index (χ4v) is 2.14. The van der Waals surface area contributed by atoms with E-state index in [-0.39, 0.29) is 23.9 Å². The maximum absolute atomic E-state index is 12.0. The van der Waals surface area contributed by atoms with Crippen LogP contribution >= 0.6 is 0 Å². The molecule has 1 atom stereocenters. The predicted octanol–water partition coefficient (Wildman–Crippen LogP) is 1.94. The van der Waals surface area contributed by atoms with Gasteiger partial charge in [0.05, 0.1) is 6.54 Å².